The smallest absolute Gasteiger partial charge is 0.254 e. The highest BCUT2D eigenvalue weighted by Gasteiger charge is 2.25. The summed E-state index contributed by atoms with van der Waals surface area (Å²) in [6.45, 7) is 2.69. The number of rotatable bonds is 4. The number of amides is 1. The van der Waals surface area contributed by atoms with Gasteiger partial charge in [0, 0.05) is 42.2 Å². The van der Waals surface area contributed by atoms with Gasteiger partial charge in [-0.25, -0.2) is 4.98 Å². The Morgan fingerprint density at radius 3 is 2.41 bits per heavy atom. The van der Waals surface area contributed by atoms with E-state index in [0.717, 1.165) is 41.0 Å². The molecule has 5 nitrogen and oxygen atoms in total. The molecule has 3 aromatic carbocycles. The molecule has 7 heteroatoms. The van der Waals surface area contributed by atoms with E-state index < -0.39 is 0 Å². The number of anilines is 1. The molecule has 0 unspecified atom stereocenters. The van der Waals surface area contributed by atoms with Crippen LogP contribution in [0.5, 0.6) is 5.75 Å². The van der Waals surface area contributed by atoms with Crippen LogP contribution in [0.1, 0.15) is 10.4 Å². The van der Waals surface area contributed by atoms with E-state index in [1.807, 2.05) is 59.5 Å². The molecule has 34 heavy (non-hydrogen) atoms. The zero-order chi connectivity index (χ0) is 23.7. The Hall–Kier alpha value is -3.28. The van der Waals surface area contributed by atoms with Gasteiger partial charge in [-0.15, -0.1) is 0 Å². The van der Waals surface area contributed by atoms with Gasteiger partial charge in [0.15, 0.2) is 0 Å². The van der Waals surface area contributed by atoms with E-state index in [2.05, 4.69) is 11.0 Å². The maximum absolute atomic E-state index is 13.7. The van der Waals surface area contributed by atoms with Crippen LogP contribution in [0, 0.1) is 0 Å². The lowest BCUT2D eigenvalue weighted by atomic mass is 10.0. The first-order chi connectivity index (χ1) is 16.5. The first kappa shape index (κ1) is 22.5. The van der Waals surface area contributed by atoms with Gasteiger partial charge >= 0.3 is 0 Å². The SMILES string of the molecule is COc1ccccc1N1CCN(C(=O)c2cc(-c3ccc(Cl)cc3Cl)nc3ccccc23)CC1. The zero-order valence-corrected chi connectivity index (χ0v) is 20.2. The average Bonchev–Trinajstić information content (AvgIpc) is 2.87. The van der Waals surface area contributed by atoms with E-state index in [4.69, 9.17) is 32.9 Å². The summed E-state index contributed by atoms with van der Waals surface area (Å²) in [5, 5.41) is 1.88. The number of methoxy groups -OCH3 is 1. The molecular formula is C27H23Cl2N3O2. The Bertz CT molecular complexity index is 1370. The van der Waals surface area contributed by atoms with Gasteiger partial charge in [-0.1, -0.05) is 53.5 Å². The molecule has 0 saturated carbocycles. The maximum Gasteiger partial charge on any atom is 0.254 e. The normalized spacial score (nSPS) is 13.9. The zero-order valence-electron chi connectivity index (χ0n) is 18.7. The first-order valence-electron chi connectivity index (χ1n) is 11.1. The molecule has 0 bridgehead atoms. The van der Waals surface area contributed by atoms with Gasteiger partial charge in [0.2, 0.25) is 0 Å². The number of piperazine rings is 1. The topological polar surface area (TPSA) is 45.7 Å². The second-order valence-corrected chi connectivity index (χ2v) is 8.99. The summed E-state index contributed by atoms with van der Waals surface area (Å²) in [7, 11) is 1.68. The van der Waals surface area contributed by atoms with Crippen LogP contribution in [0.15, 0.2) is 72.8 Å². The van der Waals surface area contributed by atoms with Crippen molar-refractivity contribution in [3.05, 3.63) is 88.4 Å². The van der Waals surface area contributed by atoms with Crippen LogP contribution in [0.4, 0.5) is 5.69 Å². The summed E-state index contributed by atoms with van der Waals surface area (Å²) < 4.78 is 5.51. The standard InChI is InChI=1S/C27H23Cl2N3O2/c1-34-26-9-5-4-8-25(26)31-12-14-32(15-13-31)27(33)21-17-24(20-11-10-18(28)16-22(20)29)30-23-7-3-2-6-19(21)23/h2-11,16-17H,12-15H2,1H3. The predicted octanol–water partition coefficient (Wildman–Crippen LogP) is 6.18. The number of benzene rings is 3. The minimum absolute atomic E-state index is 0.00962. The number of nitrogens with zero attached hydrogens (tertiary/aromatic N) is 3. The molecule has 1 saturated heterocycles. The van der Waals surface area contributed by atoms with E-state index >= 15 is 0 Å². The molecule has 5 rings (SSSR count). The van der Waals surface area contributed by atoms with Gasteiger partial charge < -0.3 is 14.5 Å². The van der Waals surface area contributed by atoms with Crippen LogP contribution in [0.25, 0.3) is 22.2 Å². The number of halogens is 2. The Balaban J connectivity index is 1.45. The van der Waals surface area contributed by atoms with Crippen molar-refractivity contribution in [2.45, 2.75) is 0 Å². The molecule has 1 fully saturated rings. The monoisotopic (exact) mass is 491 g/mol. The summed E-state index contributed by atoms with van der Waals surface area (Å²) in [5.74, 6) is 0.830. The Labute approximate surface area is 208 Å². The van der Waals surface area contributed by atoms with Crippen LogP contribution in [-0.2, 0) is 0 Å². The highest BCUT2D eigenvalue weighted by molar-refractivity contribution is 6.36. The average molecular weight is 492 g/mol. The second kappa shape index (κ2) is 9.53. The van der Waals surface area contributed by atoms with E-state index in [-0.39, 0.29) is 5.91 Å². The van der Waals surface area contributed by atoms with Crippen molar-refractivity contribution >= 4 is 45.7 Å². The number of aromatic nitrogens is 1. The molecule has 2 heterocycles. The number of para-hydroxylation sites is 3. The number of hydrogen-bond donors (Lipinski definition) is 0. The van der Waals surface area contributed by atoms with Crippen LogP contribution >= 0.6 is 23.2 Å². The molecule has 1 aliphatic rings. The molecule has 0 atom stereocenters. The van der Waals surface area contributed by atoms with Gasteiger partial charge in [-0.2, -0.15) is 0 Å². The third-order valence-electron chi connectivity index (χ3n) is 6.15. The van der Waals surface area contributed by atoms with Crippen molar-refractivity contribution in [2.24, 2.45) is 0 Å². The molecule has 0 spiro atoms. The lowest BCUT2D eigenvalue weighted by Gasteiger charge is -2.36. The molecule has 1 amide bonds. The summed E-state index contributed by atoms with van der Waals surface area (Å²) in [4.78, 5) is 22.6. The molecular weight excluding hydrogens is 469 g/mol. The number of fused-ring (bicyclic) bond motifs is 1. The van der Waals surface area contributed by atoms with Crippen molar-refractivity contribution in [3.63, 3.8) is 0 Å². The summed E-state index contributed by atoms with van der Waals surface area (Å²) in [5.41, 5.74) is 3.81. The largest absolute Gasteiger partial charge is 0.495 e. The minimum atomic E-state index is -0.00962. The Kier molecular flexibility index (Phi) is 6.31. The fraction of sp³-hybridized carbons (Fsp3) is 0.185. The molecule has 1 aromatic heterocycles. The van der Waals surface area contributed by atoms with Crippen molar-refractivity contribution in [3.8, 4) is 17.0 Å². The fourth-order valence-corrected chi connectivity index (χ4v) is 4.90. The lowest BCUT2D eigenvalue weighted by molar-refractivity contribution is 0.0748. The molecule has 172 valence electrons. The second-order valence-electron chi connectivity index (χ2n) is 8.15. The van der Waals surface area contributed by atoms with Crippen molar-refractivity contribution < 1.29 is 9.53 Å². The highest BCUT2D eigenvalue weighted by Crippen LogP contribution is 2.33. The predicted molar refractivity (Wildman–Crippen MR) is 138 cm³/mol. The number of carbonyl (C=O) groups is 1. The molecule has 0 aliphatic carbocycles. The molecule has 4 aromatic rings. The summed E-state index contributed by atoms with van der Waals surface area (Å²) in [6.07, 6.45) is 0. The van der Waals surface area contributed by atoms with Crippen molar-refractivity contribution in [1.29, 1.82) is 0 Å². The Morgan fingerprint density at radius 1 is 0.912 bits per heavy atom. The quantitative estimate of drug-likeness (QED) is 0.341. The minimum Gasteiger partial charge on any atom is -0.495 e. The van der Waals surface area contributed by atoms with Crippen LogP contribution in [0.2, 0.25) is 10.0 Å². The van der Waals surface area contributed by atoms with Crippen molar-refractivity contribution in [1.82, 2.24) is 9.88 Å². The molecule has 0 radical (unpaired) electrons. The number of carbonyl (C=O) groups excluding carboxylic acids is 1. The van der Waals surface area contributed by atoms with E-state index in [9.17, 15) is 4.79 Å². The number of pyridine rings is 1. The maximum atomic E-state index is 13.7. The van der Waals surface area contributed by atoms with Crippen LogP contribution < -0.4 is 9.64 Å². The van der Waals surface area contributed by atoms with E-state index in [0.29, 0.717) is 34.4 Å². The summed E-state index contributed by atoms with van der Waals surface area (Å²) in [6, 6.07) is 22.8. The fourth-order valence-electron chi connectivity index (χ4n) is 4.40. The van der Waals surface area contributed by atoms with Crippen molar-refractivity contribution in [2.75, 3.05) is 38.2 Å². The van der Waals surface area contributed by atoms with Crippen LogP contribution in [-0.4, -0.2) is 49.1 Å². The lowest BCUT2D eigenvalue weighted by Crippen LogP contribution is -2.49. The summed E-state index contributed by atoms with van der Waals surface area (Å²) >= 11 is 12.5. The van der Waals surface area contributed by atoms with Gasteiger partial charge in [0.05, 0.1) is 34.6 Å². The van der Waals surface area contributed by atoms with Crippen LogP contribution in [0.3, 0.4) is 0 Å². The van der Waals surface area contributed by atoms with E-state index in [1.54, 1.807) is 19.2 Å². The third-order valence-corrected chi connectivity index (χ3v) is 6.69. The van der Waals surface area contributed by atoms with Gasteiger partial charge in [-0.3, -0.25) is 4.79 Å². The van der Waals surface area contributed by atoms with Gasteiger partial charge in [0.1, 0.15) is 5.75 Å². The number of ether oxygens (including phenoxy) is 1. The highest BCUT2D eigenvalue weighted by atomic mass is 35.5. The first-order valence-corrected chi connectivity index (χ1v) is 11.8. The molecule has 0 N–H and O–H groups in total. The van der Waals surface area contributed by atoms with E-state index in [1.165, 1.54) is 0 Å². The Morgan fingerprint density at radius 2 is 1.65 bits per heavy atom. The third kappa shape index (κ3) is 4.29. The number of hydrogen-bond acceptors (Lipinski definition) is 4. The van der Waals surface area contributed by atoms with Gasteiger partial charge in [0.25, 0.3) is 5.91 Å². The molecule has 1 aliphatic heterocycles. The van der Waals surface area contributed by atoms with Gasteiger partial charge in [-0.05, 0) is 42.5 Å².